The molecule has 0 bridgehead atoms. The van der Waals surface area contributed by atoms with Crippen LogP contribution in [0.25, 0.3) is 11.1 Å². The predicted molar refractivity (Wildman–Crippen MR) is 90.6 cm³/mol. The van der Waals surface area contributed by atoms with E-state index in [0.29, 0.717) is 6.04 Å². The Morgan fingerprint density at radius 1 is 1.00 bits per heavy atom. The van der Waals surface area contributed by atoms with Crippen LogP contribution in [0.2, 0.25) is 0 Å². The molecule has 21 heavy (non-hydrogen) atoms. The second-order valence-corrected chi connectivity index (χ2v) is 6.39. The maximum atomic E-state index is 3.66. The van der Waals surface area contributed by atoms with Gasteiger partial charge in [-0.25, -0.2) is 0 Å². The Morgan fingerprint density at radius 3 is 2.57 bits per heavy atom. The van der Waals surface area contributed by atoms with Crippen LogP contribution >= 0.6 is 0 Å². The zero-order valence-electron chi connectivity index (χ0n) is 13.3. The van der Waals surface area contributed by atoms with E-state index in [4.69, 9.17) is 0 Å². The monoisotopic (exact) mass is 279 g/mol. The summed E-state index contributed by atoms with van der Waals surface area (Å²) in [6.07, 6.45) is 2.32. The van der Waals surface area contributed by atoms with E-state index in [-0.39, 0.29) is 0 Å². The van der Waals surface area contributed by atoms with Crippen LogP contribution < -0.4 is 5.32 Å². The SMILES string of the molecule is CCC(C)CNC(C)c1ccc2c(c1)Cc1ccccc1-2. The predicted octanol–water partition coefficient (Wildman–Crippen LogP) is 4.95. The lowest BCUT2D eigenvalue weighted by atomic mass is 10.00. The van der Waals surface area contributed by atoms with Crippen molar-refractivity contribution in [3.05, 3.63) is 59.2 Å². The molecule has 0 aromatic heterocycles. The first kappa shape index (κ1) is 14.3. The quantitative estimate of drug-likeness (QED) is 0.696. The minimum atomic E-state index is 0.424. The topological polar surface area (TPSA) is 12.0 Å². The fraction of sp³-hybridized carbons (Fsp3) is 0.400. The molecular weight excluding hydrogens is 254 g/mol. The highest BCUT2D eigenvalue weighted by Crippen LogP contribution is 2.37. The molecule has 2 unspecified atom stereocenters. The van der Waals surface area contributed by atoms with Crippen LogP contribution in [0.4, 0.5) is 0 Å². The molecule has 1 N–H and O–H groups in total. The molecule has 0 fully saturated rings. The van der Waals surface area contributed by atoms with E-state index in [9.17, 15) is 0 Å². The average molecular weight is 279 g/mol. The summed E-state index contributed by atoms with van der Waals surface area (Å²) in [5.41, 5.74) is 7.18. The molecular formula is C20H25N. The van der Waals surface area contributed by atoms with Gasteiger partial charge in [0.05, 0.1) is 0 Å². The second-order valence-electron chi connectivity index (χ2n) is 6.39. The van der Waals surface area contributed by atoms with Crippen molar-refractivity contribution in [3.63, 3.8) is 0 Å². The van der Waals surface area contributed by atoms with Crippen LogP contribution in [0.5, 0.6) is 0 Å². The van der Waals surface area contributed by atoms with Crippen LogP contribution in [-0.4, -0.2) is 6.54 Å². The fourth-order valence-corrected chi connectivity index (χ4v) is 3.07. The summed E-state index contributed by atoms with van der Waals surface area (Å²) in [6.45, 7) is 7.92. The largest absolute Gasteiger partial charge is 0.310 e. The average Bonchev–Trinajstić information content (AvgIpc) is 2.89. The van der Waals surface area contributed by atoms with Crippen LogP contribution in [0.15, 0.2) is 42.5 Å². The van der Waals surface area contributed by atoms with E-state index in [1.54, 1.807) is 0 Å². The first-order chi connectivity index (χ1) is 10.2. The van der Waals surface area contributed by atoms with Crippen molar-refractivity contribution >= 4 is 0 Å². The van der Waals surface area contributed by atoms with Gasteiger partial charge in [-0.15, -0.1) is 0 Å². The van der Waals surface area contributed by atoms with Crippen molar-refractivity contribution in [1.29, 1.82) is 0 Å². The molecule has 0 heterocycles. The van der Waals surface area contributed by atoms with Gasteiger partial charge in [0, 0.05) is 6.04 Å². The second kappa shape index (κ2) is 6.03. The Kier molecular flexibility index (Phi) is 4.12. The van der Waals surface area contributed by atoms with Crippen LogP contribution in [-0.2, 0) is 6.42 Å². The van der Waals surface area contributed by atoms with Gasteiger partial charge in [-0.2, -0.15) is 0 Å². The highest BCUT2D eigenvalue weighted by atomic mass is 14.9. The number of hydrogen-bond acceptors (Lipinski definition) is 1. The number of nitrogens with one attached hydrogen (secondary N) is 1. The Balaban J connectivity index is 1.77. The number of rotatable bonds is 5. The van der Waals surface area contributed by atoms with Gasteiger partial charge < -0.3 is 5.32 Å². The van der Waals surface area contributed by atoms with Gasteiger partial charge in [0.1, 0.15) is 0 Å². The van der Waals surface area contributed by atoms with Crippen molar-refractivity contribution in [2.45, 2.75) is 39.7 Å². The third-order valence-corrected chi connectivity index (χ3v) is 4.79. The Bertz CT molecular complexity index is 629. The van der Waals surface area contributed by atoms with Gasteiger partial charge in [-0.1, -0.05) is 62.7 Å². The summed E-state index contributed by atoms with van der Waals surface area (Å²) < 4.78 is 0. The molecule has 2 aromatic carbocycles. The summed E-state index contributed by atoms with van der Waals surface area (Å²) in [5, 5.41) is 3.66. The van der Waals surface area contributed by atoms with Crippen molar-refractivity contribution in [3.8, 4) is 11.1 Å². The van der Waals surface area contributed by atoms with Gasteiger partial charge in [-0.05, 0) is 53.6 Å². The normalized spacial score (nSPS) is 15.4. The zero-order chi connectivity index (χ0) is 14.8. The molecule has 0 saturated carbocycles. The van der Waals surface area contributed by atoms with E-state index in [1.165, 1.54) is 34.2 Å². The van der Waals surface area contributed by atoms with E-state index >= 15 is 0 Å². The zero-order valence-corrected chi connectivity index (χ0v) is 13.3. The Labute approximate surface area is 128 Å². The molecule has 0 radical (unpaired) electrons. The summed E-state index contributed by atoms with van der Waals surface area (Å²) in [6, 6.07) is 16.2. The number of benzene rings is 2. The minimum Gasteiger partial charge on any atom is -0.310 e. The highest BCUT2D eigenvalue weighted by molar-refractivity contribution is 5.76. The molecule has 0 aliphatic heterocycles. The molecule has 1 nitrogen and oxygen atoms in total. The van der Waals surface area contributed by atoms with E-state index in [1.807, 2.05) is 0 Å². The Morgan fingerprint density at radius 2 is 1.76 bits per heavy atom. The third-order valence-electron chi connectivity index (χ3n) is 4.79. The van der Waals surface area contributed by atoms with Crippen molar-refractivity contribution < 1.29 is 0 Å². The van der Waals surface area contributed by atoms with Crippen LogP contribution in [0.3, 0.4) is 0 Å². The molecule has 2 aromatic rings. The van der Waals surface area contributed by atoms with Gasteiger partial charge >= 0.3 is 0 Å². The van der Waals surface area contributed by atoms with Crippen LogP contribution in [0.1, 0.15) is 49.9 Å². The number of fused-ring (bicyclic) bond motifs is 3. The third kappa shape index (κ3) is 2.89. The van der Waals surface area contributed by atoms with Crippen molar-refractivity contribution in [2.24, 2.45) is 5.92 Å². The maximum Gasteiger partial charge on any atom is 0.0292 e. The van der Waals surface area contributed by atoms with Crippen molar-refractivity contribution in [1.82, 2.24) is 5.32 Å². The minimum absolute atomic E-state index is 0.424. The first-order valence-electron chi connectivity index (χ1n) is 8.13. The molecule has 0 spiro atoms. The molecule has 1 aliphatic rings. The van der Waals surface area contributed by atoms with E-state index < -0.39 is 0 Å². The standard InChI is InChI=1S/C20H25N/c1-4-14(2)13-21-15(3)16-9-10-20-18(11-16)12-17-7-5-6-8-19(17)20/h5-11,14-15,21H,4,12-13H2,1-3H3. The van der Waals surface area contributed by atoms with E-state index in [2.05, 4.69) is 68.6 Å². The van der Waals surface area contributed by atoms with Gasteiger partial charge in [-0.3, -0.25) is 0 Å². The Hall–Kier alpha value is -1.60. The molecule has 1 heteroatoms. The smallest absolute Gasteiger partial charge is 0.0292 e. The van der Waals surface area contributed by atoms with Crippen LogP contribution in [0, 0.1) is 5.92 Å². The maximum absolute atomic E-state index is 3.66. The fourth-order valence-electron chi connectivity index (χ4n) is 3.07. The molecule has 0 amide bonds. The summed E-state index contributed by atoms with van der Waals surface area (Å²) in [4.78, 5) is 0. The summed E-state index contributed by atoms with van der Waals surface area (Å²) >= 11 is 0. The summed E-state index contributed by atoms with van der Waals surface area (Å²) in [5.74, 6) is 0.742. The van der Waals surface area contributed by atoms with Gasteiger partial charge in [0.25, 0.3) is 0 Å². The van der Waals surface area contributed by atoms with Gasteiger partial charge in [0.15, 0.2) is 0 Å². The molecule has 3 rings (SSSR count). The molecule has 110 valence electrons. The number of hydrogen-bond donors (Lipinski definition) is 1. The van der Waals surface area contributed by atoms with Crippen molar-refractivity contribution in [2.75, 3.05) is 6.54 Å². The molecule has 1 aliphatic carbocycles. The lowest BCUT2D eigenvalue weighted by Gasteiger charge is -2.18. The first-order valence-corrected chi connectivity index (χ1v) is 8.13. The highest BCUT2D eigenvalue weighted by Gasteiger charge is 2.18. The molecule has 0 saturated heterocycles. The lowest BCUT2D eigenvalue weighted by Crippen LogP contribution is -2.24. The molecule has 2 atom stereocenters. The van der Waals surface area contributed by atoms with Gasteiger partial charge in [0.2, 0.25) is 0 Å². The lowest BCUT2D eigenvalue weighted by molar-refractivity contribution is 0.461. The van der Waals surface area contributed by atoms with E-state index in [0.717, 1.165) is 18.9 Å². The summed E-state index contributed by atoms with van der Waals surface area (Å²) in [7, 11) is 0.